The maximum absolute atomic E-state index is 11.8. The number of rotatable bonds is 7. The molecule has 1 N–H and O–H groups in total. The predicted octanol–water partition coefficient (Wildman–Crippen LogP) is 2.16. The van der Waals surface area contributed by atoms with Crippen molar-refractivity contribution in [3.8, 4) is 5.75 Å². The zero-order valence-corrected chi connectivity index (χ0v) is 15.2. The third kappa shape index (κ3) is 5.21. The quantitative estimate of drug-likeness (QED) is 0.472. The molecule has 3 rings (SSSR count). The van der Waals surface area contributed by atoms with Gasteiger partial charge in [0.15, 0.2) is 0 Å². The number of para-hydroxylation sites is 1. The summed E-state index contributed by atoms with van der Waals surface area (Å²) in [5.41, 5.74) is 4.23. The number of aromatic nitrogens is 4. The van der Waals surface area contributed by atoms with Crippen LogP contribution in [0.2, 0.25) is 0 Å². The van der Waals surface area contributed by atoms with Gasteiger partial charge in [-0.3, -0.25) is 4.79 Å². The largest absolute Gasteiger partial charge is 0.488 e. The first kappa shape index (κ1) is 17.7. The van der Waals surface area contributed by atoms with Crippen LogP contribution in [0.4, 0.5) is 0 Å². The van der Waals surface area contributed by atoms with Crippen LogP contribution in [0.3, 0.4) is 0 Å². The molecule has 0 aliphatic rings. The number of ether oxygens (including phenoxy) is 1. The summed E-state index contributed by atoms with van der Waals surface area (Å²) < 4.78 is 8.17. The molecule has 9 heteroatoms. The molecule has 2 aromatic carbocycles. The number of carbonyl (C=O) groups is 1. The second-order valence-electron chi connectivity index (χ2n) is 5.26. The number of hydrogen-bond acceptors (Lipinski definition) is 6. The van der Waals surface area contributed by atoms with Gasteiger partial charge < -0.3 is 4.74 Å². The molecule has 132 valence electrons. The molecule has 3 aromatic rings. The molecule has 1 heterocycles. The minimum absolute atomic E-state index is 0.00856. The van der Waals surface area contributed by atoms with Crippen molar-refractivity contribution in [2.75, 3.05) is 0 Å². The van der Waals surface area contributed by atoms with Crippen LogP contribution in [0.5, 0.6) is 5.75 Å². The highest BCUT2D eigenvalue weighted by Crippen LogP contribution is 2.19. The van der Waals surface area contributed by atoms with Crippen LogP contribution in [0, 0.1) is 0 Å². The average molecular weight is 415 g/mol. The number of hydrogen-bond donors (Lipinski definition) is 1. The van der Waals surface area contributed by atoms with E-state index in [0.717, 1.165) is 15.6 Å². The lowest BCUT2D eigenvalue weighted by Crippen LogP contribution is -2.23. The molecule has 1 aromatic heterocycles. The van der Waals surface area contributed by atoms with E-state index in [0.29, 0.717) is 12.4 Å². The van der Waals surface area contributed by atoms with E-state index in [2.05, 4.69) is 42.0 Å². The van der Waals surface area contributed by atoms with Crippen molar-refractivity contribution in [2.24, 2.45) is 5.10 Å². The number of nitrogens with one attached hydrogen (secondary N) is 1. The molecule has 0 aliphatic carbocycles. The first-order valence-electron chi connectivity index (χ1n) is 7.69. The maximum atomic E-state index is 11.8. The molecule has 0 saturated heterocycles. The van der Waals surface area contributed by atoms with E-state index in [9.17, 15) is 4.79 Å². The molecule has 0 fully saturated rings. The summed E-state index contributed by atoms with van der Waals surface area (Å²) in [7, 11) is 0. The van der Waals surface area contributed by atoms with Crippen LogP contribution in [0.15, 0.2) is 64.4 Å². The molecule has 0 bridgehead atoms. The van der Waals surface area contributed by atoms with Crippen LogP contribution < -0.4 is 10.2 Å². The fraction of sp³-hybridized carbons (Fsp3) is 0.118. The standard InChI is InChI=1S/C17H15BrN6O2/c18-15-6-3-4-13(8-15)11-26-16-7-2-1-5-14(16)9-19-21-17(25)10-24-12-20-22-23-24/h1-9,12H,10-11H2,(H,21,25)/b19-9-. The van der Waals surface area contributed by atoms with Gasteiger partial charge in [-0.05, 0) is 40.3 Å². The third-order valence-electron chi connectivity index (χ3n) is 3.29. The summed E-state index contributed by atoms with van der Waals surface area (Å²) in [5, 5.41) is 14.5. The summed E-state index contributed by atoms with van der Waals surface area (Å²) in [5.74, 6) is 0.340. The second-order valence-corrected chi connectivity index (χ2v) is 6.17. The Labute approximate surface area is 158 Å². The number of halogens is 1. The van der Waals surface area contributed by atoms with Gasteiger partial charge in [-0.2, -0.15) is 5.10 Å². The lowest BCUT2D eigenvalue weighted by molar-refractivity contribution is -0.121. The van der Waals surface area contributed by atoms with E-state index in [4.69, 9.17) is 4.74 Å². The molecular weight excluding hydrogens is 400 g/mol. The average Bonchev–Trinajstić information content (AvgIpc) is 3.14. The van der Waals surface area contributed by atoms with Crippen molar-refractivity contribution in [2.45, 2.75) is 13.2 Å². The van der Waals surface area contributed by atoms with Crippen molar-refractivity contribution >= 4 is 28.1 Å². The Morgan fingerprint density at radius 3 is 2.96 bits per heavy atom. The summed E-state index contributed by atoms with van der Waals surface area (Å²) >= 11 is 3.44. The van der Waals surface area contributed by atoms with Crippen LogP contribution in [-0.4, -0.2) is 32.3 Å². The van der Waals surface area contributed by atoms with Crippen molar-refractivity contribution in [3.63, 3.8) is 0 Å². The first-order chi connectivity index (χ1) is 12.7. The van der Waals surface area contributed by atoms with Gasteiger partial charge in [0, 0.05) is 10.0 Å². The van der Waals surface area contributed by atoms with E-state index < -0.39 is 0 Å². The fourth-order valence-corrected chi connectivity index (χ4v) is 2.56. The Morgan fingerprint density at radius 1 is 1.27 bits per heavy atom. The van der Waals surface area contributed by atoms with Gasteiger partial charge in [0.2, 0.25) is 0 Å². The van der Waals surface area contributed by atoms with Crippen LogP contribution in [-0.2, 0) is 17.9 Å². The Morgan fingerprint density at radius 2 is 2.15 bits per heavy atom. The third-order valence-corrected chi connectivity index (χ3v) is 3.79. The minimum atomic E-state index is -0.332. The van der Waals surface area contributed by atoms with Crippen molar-refractivity contribution in [1.82, 2.24) is 25.6 Å². The lowest BCUT2D eigenvalue weighted by Gasteiger charge is -2.09. The van der Waals surface area contributed by atoms with E-state index in [1.165, 1.54) is 17.2 Å². The molecule has 8 nitrogen and oxygen atoms in total. The predicted molar refractivity (Wildman–Crippen MR) is 98.5 cm³/mol. The number of nitrogens with zero attached hydrogens (tertiary/aromatic N) is 5. The lowest BCUT2D eigenvalue weighted by atomic mass is 10.2. The molecule has 1 amide bonds. The van der Waals surface area contributed by atoms with Gasteiger partial charge >= 0.3 is 0 Å². The summed E-state index contributed by atoms with van der Waals surface area (Å²) in [6.07, 6.45) is 2.89. The summed E-state index contributed by atoms with van der Waals surface area (Å²) in [6, 6.07) is 15.4. The minimum Gasteiger partial charge on any atom is -0.488 e. The number of tetrazole rings is 1. The zero-order chi connectivity index (χ0) is 18.2. The van der Waals surface area contributed by atoms with Crippen LogP contribution in [0.1, 0.15) is 11.1 Å². The van der Waals surface area contributed by atoms with E-state index in [-0.39, 0.29) is 12.5 Å². The van der Waals surface area contributed by atoms with Crippen molar-refractivity contribution < 1.29 is 9.53 Å². The second kappa shape index (κ2) is 8.86. The van der Waals surface area contributed by atoms with Crippen molar-refractivity contribution in [3.05, 3.63) is 70.5 Å². The van der Waals surface area contributed by atoms with E-state index in [1.807, 2.05) is 48.5 Å². The maximum Gasteiger partial charge on any atom is 0.261 e. The Kier molecular flexibility index (Phi) is 6.05. The fourth-order valence-electron chi connectivity index (χ4n) is 2.12. The van der Waals surface area contributed by atoms with Crippen molar-refractivity contribution in [1.29, 1.82) is 0 Å². The van der Waals surface area contributed by atoms with E-state index >= 15 is 0 Å². The first-order valence-corrected chi connectivity index (χ1v) is 8.49. The number of amides is 1. The van der Waals surface area contributed by atoms with Gasteiger partial charge in [0.25, 0.3) is 5.91 Å². The van der Waals surface area contributed by atoms with Crippen LogP contribution >= 0.6 is 15.9 Å². The Hall–Kier alpha value is -3.07. The molecule has 0 radical (unpaired) electrons. The molecule has 0 saturated carbocycles. The van der Waals surface area contributed by atoms with Gasteiger partial charge in [-0.25, -0.2) is 10.1 Å². The monoisotopic (exact) mass is 414 g/mol. The zero-order valence-electron chi connectivity index (χ0n) is 13.6. The molecular formula is C17H15BrN6O2. The number of hydrazone groups is 1. The van der Waals surface area contributed by atoms with Gasteiger partial charge in [0.05, 0.1) is 6.21 Å². The molecule has 0 atom stereocenters. The SMILES string of the molecule is O=C(Cn1cnnn1)N/N=C\c1ccccc1OCc1cccc(Br)c1. The topological polar surface area (TPSA) is 94.3 Å². The molecule has 26 heavy (non-hydrogen) atoms. The molecule has 0 spiro atoms. The van der Waals surface area contributed by atoms with Crippen LogP contribution in [0.25, 0.3) is 0 Å². The Balaban J connectivity index is 1.58. The summed E-state index contributed by atoms with van der Waals surface area (Å²) in [4.78, 5) is 11.8. The molecule has 0 aliphatic heterocycles. The molecule has 0 unspecified atom stereocenters. The smallest absolute Gasteiger partial charge is 0.261 e. The highest BCUT2D eigenvalue weighted by Gasteiger charge is 2.04. The Bertz CT molecular complexity index is 898. The highest BCUT2D eigenvalue weighted by molar-refractivity contribution is 9.10. The summed E-state index contributed by atoms with van der Waals surface area (Å²) in [6.45, 7) is 0.418. The van der Waals surface area contributed by atoms with Gasteiger partial charge in [0.1, 0.15) is 25.2 Å². The number of benzene rings is 2. The highest BCUT2D eigenvalue weighted by atomic mass is 79.9. The van der Waals surface area contributed by atoms with E-state index in [1.54, 1.807) is 0 Å². The van der Waals surface area contributed by atoms with Gasteiger partial charge in [-0.15, -0.1) is 5.10 Å². The normalized spacial score (nSPS) is 10.8. The van der Waals surface area contributed by atoms with Gasteiger partial charge in [-0.1, -0.05) is 40.2 Å². The number of carbonyl (C=O) groups excluding carboxylic acids is 1.